The Bertz CT molecular complexity index is 1210. The smallest absolute Gasteiger partial charge is 0.141 e. The fourth-order valence-corrected chi connectivity index (χ4v) is 3.12. The van der Waals surface area contributed by atoms with Crippen molar-refractivity contribution < 1.29 is 0 Å². The van der Waals surface area contributed by atoms with Crippen molar-refractivity contribution in [2.75, 3.05) is 5.32 Å². The Morgan fingerprint density at radius 1 is 0.846 bits per heavy atom. The molecule has 0 aliphatic carbocycles. The van der Waals surface area contributed by atoms with E-state index in [-0.39, 0.29) is 0 Å². The molecule has 5 nitrogen and oxygen atoms in total. The lowest BCUT2D eigenvalue weighted by atomic mass is 10.1. The molecular weight excluding hydrogens is 322 g/mol. The molecule has 0 spiro atoms. The Morgan fingerprint density at radius 3 is 2.77 bits per heavy atom. The molecule has 0 aliphatic rings. The first-order valence-electron chi connectivity index (χ1n) is 8.37. The van der Waals surface area contributed by atoms with Gasteiger partial charge in [-0.25, -0.2) is 9.97 Å². The third-order valence-corrected chi connectivity index (χ3v) is 4.41. The number of hydrogen-bond donors (Lipinski definition) is 2. The monoisotopic (exact) mass is 337 g/mol. The summed E-state index contributed by atoms with van der Waals surface area (Å²) in [6, 6.07) is 20.3. The van der Waals surface area contributed by atoms with Crippen LogP contribution in [0.3, 0.4) is 0 Å². The quantitative estimate of drug-likeness (QED) is 0.490. The van der Waals surface area contributed by atoms with Gasteiger partial charge in [0.05, 0.1) is 11.2 Å². The van der Waals surface area contributed by atoms with Crippen molar-refractivity contribution in [3.8, 4) is 11.3 Å². The van der Waals surface area contributed by atoms with Crippen molar-refractivity contribution in [2.24, 2.45) is 0 Å². The number of anilines is 2. The average molecular weight is 337 g/mol. The van der Waals surface area contributed by atoms with Crippen molar-refractivity contribution in [3.05, 3.63) is 79.4 Å². The molecule has 5 heteroatoms. The summed E-state index contributed by atoms with van der Waals surface area (Å²) in [5, 5.41) is 5.54. The Morgan fingerprint density at radius 2 is 1.85 bits per heavy atom. The van der Waals surface area contributed by atoms with Crippen LogP contribution in [0.1, 0.15) is 0 Å². The van der Waals surface area contributed by atoms with Crippen molar-refractivity contribution in [3.63, 3.8) is 0 Å². The van der Waals surface area contributed by atoms with Gasteiger partial charge >= 0.3 is 0 Å². The Hall–Kier alpha value is -3.73. The van der Waals surface area contributed by atoms with E-state index >= 15 is 0 Å². The van der Waals surface area contributed by atoms with Gasteiger partial charge in [-0.1, -0.05) is 12.1 Å². The number of benzene rings is 2. The van der Waals surface area contributed by atoms with Crippen LogP contribution < -0.4 is 5.32 Å². The predicted octanol–water partition coefficient (Wildman–Crippen LogP) is 4.92. The maximum absolute atomic E-state index is 4.45. The third kappa shape index (κ3) is 2.56. The van der Waals surface area contributed by atoms with Crippen LogP contribution >= 0.6 is 0 Å². The topological polar surface area (TPSA) is 66.5 Å². The minimum atomic E-state index is 0.780. The van der Waals surface area contributed by atoms with Crippen LogP contribution in [0.15, 0.2) is 79.4 Å². The molecule has 0 bridgehead atoms. The molecule has 0 radical (unpaired) electrons. The summed E-state index contributed by atoms with van der Waals surface area (Å²) in [4.78, 5) is 16.5. The van der Waals surface area contributed by atoms with E-state index in [1.807, 2.05) is 42.6 Å². The number of nitrogens with one attached hydrogen (secondary N) is 2. The fourth-order valence-electron chi connectivity index (χ4n) is 3.12. The summed E-state index contributed by atoms with van der Waals surface area (Å²) in [7, 11) is 0. The van der Waals surface area contributed by atoms with Crippen LogP contribution in [0.2, 0.25) is 0 Å². The summed E-state index contributed by atoms with van der Waals surface area (Å²) in [5.74, 6) is 0.780. The van der Waals surface area contributed by atoms with E-state index < -0.39 is 0 Å². The SMILES string of the molecule is c1ccc(-c2ccc3ncnc(Nc4ccc5[nH]ccc5c4)c3c2)nc1. The van der Waals surface area contributed by atoms with Crippen LogP contribution in [0, 0.1) is 0 Å². The number of pyridine rings is 1. The Kier molecular flexibility index (Phi) is 3.35. The second-order valence-electron chi connectivity index (χ2n) is 6.07. The number of aromatic nitrogens is 4. The molecule has 0 amide bonds. The zero-order chi connectivity index (χ0) is 17.3. The second-order valence-corrected chi connectivity index (χ2v) is 6.07. The zero-order valence-electron chi connectivity index (χ0n) is 13.8. The minimum absolute atomic E-state index is 0.780. The molecule has 26 heavy (non-hydrogen) atoms. The molecule has 0 saturated heterocycles. The molecule has 0 aliphatic heterocycles. The van der Waals surface area contributed by atoms with Gasteiger partial charge in [0.1, 0.15) is 12.1 Å². The number of fused-ring (bicyclic) bond motifs is 2. The average Bonchev–Trinajstić information content (AvgIpc) is 3.16. The van der Waals surface area contributed by atoms with Gasteiger partial charge in [-0.2, -0.15) is 0 Å². The van der Waals surface area contributed by atoms with Crippen molar-refractivity contribution in [1.29, 1.82) is 0 Å². The molecule has 2 N–H and O–H groups in total. The highest BCUT2D eigenvalue weighted by Gasteiger charge is 2.08. The summed E-state index contributed by atoms with van der Waals surface area (Å²) >= 11 is 0. The number of H-pyrrole nitrogens is 1. The van der Waals surface area contributed by atoms with E-state index in [9.17, 15) is 0 Å². The lowest BCUT2D eigenvalue weighted by Gasteiger charge is -2.10. The molecule has 0 saturated carbocycles. The summed E-state index contributed by atoms with van der Waals surface area (Å²) < 4.78 is 0. The molecule has 0 fully saturated rings. The fraction of sp³-hybridized carbons (Fsp3) is 0. The first kappa shape index (κ1) is 14.6. The summed E-state index contributed by atoms with van der Waals surface area (Å²) in [6.07, 6.45) is 5.32. The highest BCUT2D eigenvalue weighted by molar-refractivity contribution is 5.94. The molecule has 0 atom stereocenters. The molecule has 3 heterocycles. The molecule has 0 unspecified atom stereocenters. The number of rotatable bonds is 3. The van der Waals surface area contributed by atoms with Gasteiger partial charge in [-0.15, -0.1) is 0 Å². The molecule has 5 rings (SSSR count). The summed E-state index contributed by atoms with van der Waals surface area (Å²) in [5.41, 5.74) is 4.96. The maximum atomic E-state index is 4.45. The van der Waals surface area contributed by atoms with Crippen LogP contribution in [0.5, 0.6) is 0 Å². The molecular formula is C21H15N5. The molecule has 2 aromatic carbocycles. The number of nitrogens with zero attached hydrogens (tertiary/aromatic N) is 3. The van der Waals surface area contributed by atoms with E-state index in [4.69, 9.17) is 0 Å². The van der Waals surface area contributed by atoms with Gasteiger partial charge in [-0.05, 0) is 48.5 Å². The minimum Gasteiger partial charge on any atom is -0.361 e. The summed E-state index contributed by atoms with van der Waals surface area (Å²) in [6.45, 7) is 0. The van der Waals surface area contributed by atoms with Crippen molar-refractivity contribution >= 4 is 33.3 Å². The van der Waals surface area contributed by atoms with Crippen molar-refractivity contribution in [2.45, 2.75) is 0 Å². The van der Waals surface area contributed by atoms with Gasteiger partial charge in [0.2, 0.25) is 0 Å². The normalized spacial score (nSPS) is 11.1. The van der Waals surface area contributed by atoms with E-state index in [2.05, 4.69) is 49.5 Å². The van der Waals surface area contributed by atoms with E-state index in [0.29, 0.717) is 0 Å². The van der Waals surface area contributed by atoms with Crippen LogP contribution in [-0.4, -0.2) is 19.9 Å². The highest BCUT2D eigenvalue weighted by Crippen LogP contribution is 2.28. The van der Waals surface area contributed by atoms with E-state index in [0.717, 1.165) is 44.6 Å². The van der Waals surface area contributed by atoms with Gasteiger partial charge in [0, 0.05) is 39.9 Å². The van der Waals surface area contributed by atoms with E-state index in [1.165, 1.54) is 0 Å². The lowest BCUT2D eigenvalue weighted by Crippen LogP contribution is -1.96. The molecule has 5 aromatic rings. The lowest BCUT2D eigenvalue weighted by molar-refractivity contribution is 1.22. The first-order valence-corrected chi connectivity index (χ1v) is 8.37. The predicted molar refractivity (Wildman–Crippen MR) is 104 cm³/mol. The zero-order valence-corrected chi connectivity index (χ0v) is 13.8. The van der Waals surface area contributed by atoms with Gasteiger partial charge in [-0.3, -0.25) is 4.98 Å². The maximum Gasteiger partial charge on any atom is 0.141 e. The Labute approximate surface area is 149 Å². The molecule has 124 valence electrons. The number of hydrogen-bond acceptors (Lipinski definition) is 4. The largest absolute Gasteiger partial charge is 0.361 e. The van der Waals surface area contributed by atoms with Crippen molar-refractivity contribution in [1.82, 2.24) is 19.9 Å². The standard InChI is InChI=1S/C21H15N5/c1-2-9-22-18(3-1)14-4-6-20-17(12-14)21(25-13-24-20)26-16-5-7-19-15(11-16)8-10-23-19/h1-13,23H,(H,24,25,26). The number of aromatic amines is 1. The van der Waals surface area contributed by atoms with E-state index in [1.54, 1.807) is 12.5 Å². The highest BCUT2D eigenvalue weighted by atomic mass is 15.0. The third-order valence-electron chi connectivity index (χ3n) is 4.41. The van der Waals surface area contributed by atoms with Gasteiger partial charge in [0.15, 0.2) is 0 Å². The first-order chi connectivity index (χ1) is 12.9. The van der Waals surface area contributed by atoms with Crippen LogP contribution in [0.25, 0.3) is 33.1 Å². The van der Waals surface area contributed by atoms with Gasteiger partial charge < -0.3 is 10.3 Å². The van der Waals surface area contributed by atoms with Crippen LogP contribution in [0.4, 0.5) is 11.5 Å². The molecule has 3 aromatic heterocycles. The van der Waals surface area contributed by atoms with Crippen LogP contribution in [-0.2, 0) is 0 Å². The Balaban J connectivity index is 1.60. The van der Waals surface area contributed by atoms with Gasteiger partial charge in [0.25, 0.3) is 0 Å². The second kappa shape index (κ2) is 5.97.